The molecule has 0 spiro atoms. The molecule has 0 aliphatic heterocycles. The van der Waals surface area contributed by atoms with Crippen LogP contribution in [0.1, 0.15) is 13.8 Å². The second kappa shape index (κ2) is 8.31. The number of benzene rings is 2. The maximum absolute atomic E-state index is 12.3. The highest BCUT2D eigenvalue weighted by Gasteiger charge is 2.22. The molecular formula is C17H18ClN3O4S. The van der Waals surface area contributed by atoms with E-state index < -0.39 is 22.0 Å². The number of amides is 2. The van der Waals surface area contributed by atoms with Gasteiger partial charge >= 0.3 is 0 Å². The zero-order chi connectivity index (χ0) is 19.3. The predicted octanol–water partition coefficient (Wildman–Crippen LogP) is 2.60. The van der Waals surface area contributed by atoms with Gasteiger partial charge in [0.1, 0.15) is 0 Å². The topological polar surface area (TPSA) is 104 Å². The maximum atomic E-state index is 12.3. The first kappa shape index (κ1) is 19.9. The lowest BCUT2D eigenvalue weighted by atomic mass is 10.2. The zero-order valence-electron chi connectivity index (χ0n) is 14.1. The summed E-state index contributed by atoms with van der Waals surface area (Å²) in [5, 5.41) is 5.63. The van der Waals surface area contributed by atoms with Gasteiger partial charge in [-0.05, 0) is 55.5 Å². The molecule has 138 valence electrons. The van der Waals surface area contributed by atoms with E-state index in [1.54, 1.807) is 24.3 Å². The number of carbonyl (C=O) groups excluding carboxylic acids is 2. The second-order valence-corrected chi connectivity index (χ2v) is 7.70. The lowest BCUT2D eigenvalue weighted by molar-refractivity contribution is -0.117. The first-order valence-corrected chi connectivity index (χ1v) is 9.50. The van der Waals surface area contributed by atoms with Crippen LogP contribution in [0.2, 0.25) is 5.02 Å². The molecule has 0 radical (unpaired) electrons. The Bertz CT molecular complexity index is 897. The van der Waals surface area contributed by atoms with Crippen molar-refractivity contribution < 1.29 is 18.0 Å². The highest BCUT2D eigenvalue weighted by Crippen LogP contribution is 2.16. The van der Waals surface area contributed by atoms with Crippen LogP contribution in [0.15, 0.2) is 53.4 Å². The van der Waals surface area contributed by atoms with Gasteiger partial charge in [-0.2, -0.15) is 4.72 Å². The summed E-state index contributed by atoms with van der Waals surface area (Å²) >= 11 is 5.74. The van der Waals surface area contributed by atoms with Gasteiger partial charge in [0.2, 0.25) is 21.8 Å². The Morgan fingerprint density at radius 2 is 1.42 bits per heavy atom. The minimum Gasteiger partial charge on any atom is -0.326 e. The van der Waals surface area contributed by atoms with Crippen molar-refractivity contribution in [1.29, 1.82) is 0 Å². The van der Waals surface area contributed by atoms with Crippen LogP contribution in [-0.4, -0.2) is 26.3 Å². The van der Waals surface area contributed by atoms with Crippen LogP contribution in [0.25, 0.3) is 0 Å². The monoisotopic (exact) mass is 395 g/mol. The highest BCUT2D eigenvalue weighted by atomic mass is 35.5. The number of anilines is 2. The van der Waals surface area contributed by atoms with Crippen molar-refractivity contribution in [2.24, 2.45) is 0 Å². The largest absolute Gasteiger partial charge is 0.326 e. The van der Waals surface area contributed by atoms with E-state index in [0.29, 0.717) is 16.4 Å². The molecule has 2 aromatic rings. The van der Waals surface area contributed by atoms with E-state index in [9.17, 15) is 18.0 Å². The lowest BCUT2D eigenvalue weighted by Crippen LogP contribution is -2.41. The Kier molecular flexibility index (Phi) is 6.36. The molecule has 26 heavy (non-hydrogen) atoms. The Morgan fingerprint density at radius 3 is 1.92 bits per heavy atom. The average Bonchev–Trinajstić information content (AvgIpc) is 2.56. The first-order chi connectivity index (χ1) is 12.2. The molecule has 0 heterocycles. The van der Waals surface area contributed by atoms with E-state index in [4.69, 9.17) is 11.6 Å². The fourth-order valence-electron chi connectivity index (χ4n) is 2.06. The van der Waals surface area contributed by atoms with Crippen molar-refractivity contribution in [2.75, 3.05) is 10.6 Å². The molecule has 9 heteroatoms. The molecule has 0 bridgehead atoms. The highest BCUT2D eigenvalue weighted by molar-refractivity contribution is 7.89. The SMILES string of the molecule is CC(=O)Nc1ccc(NC(=O)[C@@H](C)NS(=O)(=O)c2ccc(Cl)cc2)cc1. The third-order valence-electron chi connectivity index (χ3n) is 3.32. The Morgan fingerprint density at radius 1 is 0.923 bits per heavy atom. The summed E-state index contributed by atoms with van der Waals surface area (Å²) in [6.45, 7) is 2.83. The molecule has 2 amide bonds. The van der Waals surface area contributed by atoms with Crippen molar-refractivity contribution in [3.8, 4) is 0 Å². The normalized spacial score (nSPS) is 12.3. The molecule has 0 aliphatic carbocycles. The molecule has 2 rings (SSSR count). The molecule has 0 fully saturated rings. The summed E-state index contributed by atoms with van der Waals surface area (Å²) in [4.78, 5) is 23.2. The summed E-state index contributed by atoms with van der Waals surface area (Å²) in [5.41, 5.74) is 1.06. The van der Waals surface area contributed by atoms with Gasteiger partial charge in [0.15, 0.2) is 0 Å². The van der Waals surface area contributed by atoms with E-state index in [1.165, 1.54) is 38.1 Å². The molecule has 0 aliphatic rings. The molecular weight excluding hydrogens is 378 g/mol. The summed E-state index contributed by atoms with van der Waals surface area (Å²) in [7, 11) is -3.85. The Hall–Kier alpha value is -2.42. The number of rotatable bonds is 6. The van der Waals surface area contributed by atoms with Gasteiger partial charge in [-0.3, -0.25) is 9.59 Å². The summed E-state index contributed by atoms with van der Waals surface area (Å²) < 4.78 is 26.9. The van der Waals surface area contributed by atoms with Gasteiger partial charge < -0.3 is 10.6 Å². The minimum absolute atomic E-state index is 0.0150. The fraction of sp³-hybridized carbons (Fsp3) is 0.176. The van der Waals surface area contributed by atoms with Gasteiger partial charge in [0.05, 0.1) is 10.9 Å². The van der Waals surface area contributed by atoms with Crippen molar-refractivity contribution in [1.82, 2.24) is 4.72 Å². The van der Waals surface area contributed by atoms with Gasteiger partial charge in [-0.1, -0.05) is 11.6 Å². The molecule has 1 atom stereocenters. The smallest absolute Gasteiger partial charge is 0.242 e. The van der Waals surface area contributed by atoms with Crippen LogP contribution in [0, 0.1) is 0 Å². The Labute approximate surface area is 156 Å². The third kappa shape index (κ3) is 5.55. The standard InChI is InChI=1S/C17H18ClN3O4S/c1-11(21-26(24,25)16-9-3-13(18)4-10-16)17(23)20-15-7-5-14(6-8-15)19-12(2)22/h3-11,21H,1-2H3,(H,19,22)(H,20,23)/t11-/m1/s1. The van der Waals surface area contributed by atoms with Gasteiger partial charge in [-0.25, -0.2) is 8.42 Å². The van der Waals surface area contributed by atoms with Crippen LogP contribution in [0.5, 0.6) is 0 Å². The molecule has 7 nitrogen and oxygen atoms in total. The summed E-state index contributed by atoms with van der Waals surface area (Å²) in [6.07, 6.45) is 0. The molecule has 3 N–H and O–H groups in total. The number of nitrogens with one attached hydrogen (secondary N) is 3. The number of carbonyl (C=O) groups is 2. The minimum atomic E-state index is -3.85. The second-order valence-electron chi connectivity index (χ2n) is 5.54. The van der Waals surface area contributed by atoms with E-state index >= 15 is 0 Å². The average molecular weight is 396 g/mol. The fourth-order valence-corrected chi connectivity index (χ4v) is 3.39. The first-order valence-electron chi connectivity index (χ1n) is 7.64. The van der Waals surface area contributed by atoms with Gasteiger partial charge in [0, 0.05) is 23.3 Å². The van der Waals surface area contributed by atoms with Crippen LogP contribution in [0.4, 0.5) is 11.4 Å². The number of halogens is 1. The van der Waals surface area contributed by atoms with Crippen molar-refractivity contribution >= 4 is 44.8 Å². The van der Waals surface area contributed by atoms with E-state index in [1.807, 2.05) is 0 Å². The van der Waals surface area contributed by atoms with Crippen LogP contribution < -0.4 is 15.4 Å². The van der Waals surface area contributed by atoms with Gasteiger partial charge in [-0.15, -0.1) is 0 Å². The molecule has 0 saturated heterocycles. The molecule has 0 unspecified atom stereocenters. The lowest BCUT2D eigenvalue weighted by Gasteiger charge is -2.15. The van der Waals surface area contributed by atoms with Gasteiger partial charge in [0.25, 0.3) is 0 Å². The predicted molar refractivity (Wildman–Crippen MR) is 101 cm³/mol. The van der Waals surface area contributed by atoms with E-state index in [0.717, 1.165) is 0 Å². The maximum Gasteiger partial charge on any atom is 0.242 e. The van der Waals surface area contributed by atoms with Crippen molar-refractivity contribution in [2.45, 2.75) is 24.8 Å². The third-order valence-corrected chi connectivity index (χ3v) is 5.13. The van der Waals surface area contributed by atoms with Crippen LogP contribution in [0.3, 0.4) is 0 Å². The number of hydrogen-bond acceptors (Lipinski definition) is 4. The van der Waals surface area contributed by atoms with Crippen molar-refractivity contribution in [3.63, 3.8) is 0 Å². The molecule has 2 aromatic carbocycles. The van der Waals surface area contributed by atoms with E-state index in [2.05, 4.69) is 15.4 Å². The number of hydrogen-bond donors (Lipinski definition) is 3. The van der Waals surface area contributed by atoms with E-state index in [-0.39, 0.29) is 10.8 Å². The van der Waals surface area contributed by atoms with Crippen LogP contribution in [-0.2, 0) is 19.6 Å². The zero-order valence-corrected chi connectivity index (χ0v) is 15.7. The summed E-state index contributed by atoms with van der Waals surface area (Å²) in [6, 6.07) is 11.1. The quantitative estimate of drug-likeness (QED) is 0.699. The molecule has 0 saturated carbocycles. The summed E-state index contributed by atoms with van der Waals surface area (Å²) in [5.74, 6) is -0.721. The Balaban J connectivity index is 2.00. The van der Waals surface area contributed by atoms with Crippen LogP contribution >= 0.6 is 11.6 Å². The molecule has 0 aromatic heterocycles. The van der Waals surface area contributed by atoms with Crippen molar-refractivity contribution in [3.05, 3.63) is 53.6 Å². The number of sulfonamides is 1.